The van der Waals surface area contributed by atoms with Gasteiger partial charge >= 0.3 is 0 Å². The molecule has 0 fully saturated rings. The zero-order valence-corrected chi connectivity index (χ0v) is 13.5. The topological polar surface area (TPSA) is 43.1 Å². The largest absolute Gasteiger partial charge is 0.221 e. The Morgan fingerprint density at radius 1 is 1.09 bits per heavy atom. The van der Waals surface area contributed by atoms with Gasteiger partial charge in [0.1, 0.15) is 17.0 Å². The Balaban J connectivity index is 1.75. The fourth-order valence-electron chi connectivity index (χ4n) is 3.52. The summed E-state index contributed by atoms with van der Waals surface area (Å²) in [6.45, 7) is 0. The first-order valence-corrected chi connectivity index (χ1v) is 8.88. The number of aryl methyl sites for hydroxylation is 2. The van der Waals surface area contributed by atoms with Gasteiger partial charge in [-0.15, -0.1) is 11.3 Å². The minimum absolute atomic E-state index is 0.777. The molecule has 0 atom stereocenters. The molecule has 114 valence electrons. The molecule has 1 aromatic carbocycles. The maximum absolute atomic E-state index is 4.95. The Morgan fingerprint density at radius 2 is 1.96 bits per heavy atom. The molecule has 0 bridgehead atoms. The van der Waals surface area contributed by atoms with Crippen LogP contribution in [0.1, 0.15) is 34.7 Å². The summed E-state index contributed by atoms with van der Waals surface area (Å²) in [4.78, 5) is 12.1. The van der Waals surface area contributed by atoms with Gasteiger partial charge in [-0.3, -0.25) is 0 Å². The van der Waals surface area contributed by atoms with Crippen molar-refractivity contribution in [1.82, 2.24) is 19.6 Å². The number of nitrogens with zero attached hydrogens (tertiary/aromatic N) is 4. The highest BCUT2D eigenvalue weighted by Crippen LogP contribution is 2.37. The Labute approximate surface area is 137 Å². The van der Waals surface area contributed by atoms with Crippen LogP contribution in [0.25, 0.3) is 15.9 Å². The van der Waals surface area contributed by atoms with Gasteiger partial charge in [0.15, 0.2) is 5.65 Å². The molecule has 4 aromatic rings. The Hall–Kier alpha value is -2.27. The first-order chi connectivity index (χ1) is 11.4. The number of aromatic nitrogens is 4. The quantitative estimate of drug-likeness (QED) is 0.564. The monoisotopic (exact) mass is 320 g/mol. The van der Waals surface area contributed by atoms with Crippen molar-refractivity contribution < 1.29 is 0 Å². The SMILES string of the molecule is c1ccc(Cc2nc3sc4c(c3c3ncnn23)CCCC4)cc1. The summed E-state index contributed by atoms with van der Waals surface area (Å²) in [6.07, 6.45) is 7.32. The Morgan fingerprint density at radius 3 is 2.87 bits per heavy atom. The van der Waals surface area contributed by atoms with E-state index in [2.05, 4.69) is 34.3 Å². The van der Waals surface area contributed by atoms with E-state index in [9.17, 15) is 0 Å². The van der Waals surface area contributed by atoms with Gasteiger partial charge in [0, 0.05) is 11.3 Å². The Kier molecular flexibility index (Phi) is 2.94. The number of rotatable bonds is 2. The Bertz CT molecular complexity index is 1000. The molecule has 0 unspecified atom stereocenters. The standard InChI is InChI=1S/C18H16N4S/c1-2-6-12(7-3-1)10-15-21-18-16(17-19-11-20-22(15)17)13-8-4-5-9-14(13)23-18/h1-3,6-7,11H,4-5,8-10H2. The summed E-state index contributed by atoms with van der Waals surface area (Å²) in [6, 6.07) is 10.4. The van der Waals surface area contributed by atoms with Crippen LogP contribution >= 0.6 is 11.3 Å². The van der Waals surface area contributed by atoms with Crippen molar-refractivity contribution in [2.45, 2.75) is 32.1 Å². The molecular formula is C18H16N4S. The van der Waals surface area contributed by atoms with E-state index in [-0.39, 0.29) is 0 Å². The van der Waals surface area contributed by atoms with Crippen molar-refractivity contribution in [2.24, 2.45) is 0 Å². The van der Waals surface area contributed by atoms with Crippen LogP contribution in [0.4, 0.5) is 0 Å². The van der Waals surface area contributed by atoms with Gasteiger partial charge in [-0.2, -0.15) is 9.61 Å². The predicted octanol–water partition coefficient (Wildman–Crippen LogP) is 3.81. The smallest absolute Gasteiger partial charge is 0.167 e. The summed E-state index contributed by atoms with van der Waals surface area (Å²) in [5, 5.41) is 5.68. The van der Waals surface area contributed by atoms with Crippen LogP contribution in [0, 0.1) is 0 Å². The third kappa shape index (κ3) is 2.07. The number of hydrogen-bond acceptors (Lipinski definition) is 4. The second-order valence-corrected chi connectivity index (χ2v) is 7.16. The predicted molar refractivity (Wildman–Crippen MR) is 92.1 cm³/mol. The molecule has 0 amide bonds. The van der Waals surface area contributed by atoms with Crippen molar-refractivity contribution in [1.29, 1.82) is 0 Å². The van der Waals surface area contributed by atoms with Crippen LogP contribution < -0.4 is 0 Å². The van der Waals surface area contributed by atoms with Gasteiger partial charge in [-0.1, -0.05) is 30.3 Å². The van der Waals surface area contributed by atoms with Crippen LogP contribution in [-0.2, 0) is 19.3 Å². The maximum Gasteiger partial charge on any atom is 0.167 e. The van der Waals surface area contributed by atoms with E-state index in [1.807, 2.05) is 21.9 Å². The van der Waals surface area contributed by atoms with Crippen molar-refractivity contribution in [3.8, 4) is 0 Å². The molecule has 0 aliphatic heterocycles. The fraction of sp³-hybridized carbons (Fsp3) is 0.278. The van der Waals surface area contributed by atoms with Gasteiger partial charge in [0.05, 0.1) is 5.39 Å². The maximum atomic E-state index is 4.95. The minimum atomic E-state index is 0.777. The number of benzene rings is 1. The van der Waals surface area contributed by atoms with E-state index >= 15 is 0 Å². The summed E-state index contributed by atoms with van der Waals surface area (Å²) >= 11 is 1.85. The summed E-state index contributed by atoms with van der Waals surface area (Å²) in [7, 11) is 0. The molecule has 4 nitrogen and oxygen atoms in total. The third-order valence-corrected chi connectivity index (χ3v) is 5.79. The second-order valence-electron chi connectivity index (χ2n) is 6.08. The first kappa shape index (κ1) is 13.2. The minimum Gasteiger partial charge on any atom is -0.221 e. The first-order valence-electron chi connectivity index (χ1n) is 8.07. The van der Waals surface area contributed by atoms with Crippen molar-refractivity contribution in [3.05, 3.63) is 58.5 Å². The lowest BCUT2D eigenvalue weighted by molar-refractivity contribution is 0.700. The highest BCUT2D eigenvalue weighted by atomic mass is 32.1. The molecule has 0 spiro atoms. The molecule has 5 heteroatoms. The fourth-order valence-corrected chi connectivity index (χ4v) is 4.79. The summed E-state index contributed by atoms with van der Waals surface area (Å²) in [5.41, 5.74) is 3.69. The number of fused-ring (bicyclic) bond motifs is 5. The highest BCUT2D eigenvalue weighted by Gasteiger charge is 2.21. The third-order valence-electron chi connectivity index (χ3n) is 4.60. The van der Waals surface area contributed by atoms with Crippen LogP contribution in [0.3, 0.4) is 0 Å². The van der Waals surface area contributed by atoms with E-state index in [1.54, 1.807) is 6.33 Å². The van der Waals surface area contributed by atoms with Crippen LogP contribution in [0.5, 0.6) is 0 Å². The molecule has 23 heavy (non-hydrogen) atoms. The molecule has 5 rings (SSSR count). The molecule has 0 radical (unpaired) electrons. The average molecular weight is 320 g/mol. The molecule has 0 N–H and O–H groups in total. The lowest BCUT2D eigenvalue weighted by atomic mass is 9.97. The van der Waals surface area contributed by atoms with E-state index in [4.69, 9.17) is 4.98 Å². The van der Waals surface area contributed by atoms with Crippen LogP contribution in [0.2, 0.25) is 0 Å². The molecular weight excluding hydrogens is 304 g/mol. The summed E-state index contributed by atoms with van der Waals surface area (Å²) < 4.78 is 1.93. The molecule has 3 aromatic heterocycles. The van der Waals surface area contributed by atoms with E-state index in [0.717, 1.165) is 29.1 Å². The van der Waals surface area contributed by atoms with Crippen molar-refractivity contribution in [2.75, 3.05) is 0 Å². The zero-order chi connectivity index (χ0) is 15.2. The van der Waals surface area contributed by atoms with E-state index < -0.39 is 0 Å². The molecule has 0 saturated carbocycles. The van der Waals surface area contributed by atoms with E-state index in [1.165, 1.54) is 40.7 Å². The van der Waals surface area contributed by atoms with Crippen LogP contribution in [-0.4, -0.2) is 19.6 Å². The van der Waals surface area contributed by atoms with Crippen LogP contribution in [0.15, 0.2) is 36.7 Å². The van der Waals surface area contributed by atoms with Crippen molar-refractivity contribution >= 4 is 27.2 Å². The average Bonchev–Trinajstić information content (AvgIpc) is 3.19. The van der Waals surface area contributed by atoms with E-state index in [0.29, 0.717) is 0 Å². The molecule has 1 aliphatic carbocycles. The highest BCUT2D eigenvalue weighted by molar-refractivity contribution is 7.19. The van der Waals surface area contributed by atoms with Gasteiger partial charge in [0.2, 0.25) is 0 Å². The summed E-state index contributed by atoms with van der Waals surface area (Å²) in [5.74, 6) is 0.967. The van der Waals surface area contributed by atoms with Gasteiger partial charge < -0.3 is 0 Å². The lowest BCUT2D eigenvalue weighted by Gasteiger charge is -2.10. The second kappa shape index (κ2) is 5.13. The molecule has 3 heterocycles. The van der Waals surface area contributed by atoms with Gasteiger partial charge in [0.25, 0.3) is 0 Å². The normalized spacial score (nSPS) is 14.4. The molecule has 0 saturated heterocycles. The van der Waals surface area contributed by atoms with Gasteiger partial charge in [-0.25, -0.2) is 9.97 Å². The lowest BCUT2D eigenvalue weighted by Crippen LogP contribution is -2.05. The zero-order valence-electron chi connectivity index (χ0n) is 12.7. The molecule has 1 aliphatic rings. The number of hydrogen-bond donors (Lipinski definition) is 0. The van der Waals surface area contributed by atoms with Crippen molar-refractivity contribution in [3.63, 3.8) is 0 Å². The van der Waals surface area contributed by atoms with Gasteiger partial charge in [-0.05, 0) is 36.8 Å². The number of thiophene rings is 1.